The van der Waals surface area contributed by atoms with E-state index < -0.39 is 11.9 Å². The van der Waals surface area contributed by atoms with E-state index in [1.54, 1.807) is 0 Å². The molecule has 7 heteroatoms. The third-order valence-electron chi connectivity index (χ3n) is 2.83. The second kappa shape index (κ2) is 15.0. The summed E-state index contributed by atoms with van der Waals surface area (Å²) < 4.78 is 0. The van der Waals surface area contributed by atoms with Crippen molar-refractivity contribution in [2.24, 2.45) is 0 Å². The molecule has 1 aromatic carbocycles. The van der Waals surface area contributed by atoms with Crippen LogP contribution in [0.4, 0.5) is 0 Å². The summed E-state index contributed by atoms with van der Waals surface area (Å²) in [7, 11) is 0. The van der Waals surface area contributed by atoms with E-state index in [0.717, 1.165) is 0 Å². The second-order valence-corrected chi connectivity index (χ2v) is 4.22. The number of benzene rings is 1. The summed E-state index contributed by atoms with van der Waals surface area (Å²) in [5.74, 6) is -2.46. The Labute approximate surface area is 136 Å². The van der Waals surface area contributed by atoms with Crippen molar-refractivity contribution in [3.8, 4) is 0 Å². The summed E-state index contributed by atoms with van der Waals surface area (Å²) >= 11 is 0. The van der Waals surface area contributed by atoms with E-state index in [2.05, 4.69) is 25.7 Å². The molecule has 0 aliphatic rings. The van der Waals surface area contributed by atoms with Crippen LogP contribution in [0.5, 0.6) is 0 Å². The van der Waals surface area contributed by atoms with Crippen LogP contribution in [0.2, 0.25) is 0 Å². The Hall–Kier alpha value is -1.96. The van der Waals surface area contributed by atoms with Gasteiger partial charge in [0.25, 0.3) is 0 Å². The number of aliphatic hydroxyl groups excluding tert-OH is 2. The third kappa shape index (κ3) is 11.3. The molecular weight excluding hydrogens is 302 g/mol. The first kappa shape index (κ1) is 23.3. The van der Waals surface area contributed by atoms with Crippen molar-refractivity contribution in [1.29, 1.82) is 0 Å². The molecular formula is C16H27NO6. The van der Waals surface area contributed by atoms with Crippen LogP contribution in [0.1, 0.15) is 41.5 Å². The van der Waals surface area contributed by atoms with Gasteiger partial charge in [0.1, 0.15) is 0 Å². The molecule has 4 N–H and O–H groups in total. The van der Waals surface area contributed by atoms with Gasteiger partial charge in [0.2, 0.25) is 0 Å². The highest BCUT2D eigenvalue weighted by Crippen LogP contribution is 2.07. The fraction of sp³-hybridized carbons (Fsp3) is 0.500. The molecule has 1 aromatic rings. The van der Waals surface area contributed by atoms with Gasteiger partial charge >= 0.3 is 11.9 Å². The van der Waals surface area contributed by atoms with Gasteiger partial charge in [-0.25, -0.2) is 9.59 Å². The summed E-state index contributed by atoms with van der Waals surface area (Å²) in [5.41, 5.74) is -0.380. The number of hydrogen-bond donors (Lipinski definition) is 4. The molecule has 23 heavy (non-hydrogen) atoms. The molecule has 0 aliphatic carbocycles. The predicted molar refractivity (Wildman–Crippen MR) is 88.0 cm³/mol. The smallest absolute Gasteiger partial charge is 0.336 e. The first-order valence-electron chi connectivity index (χ1n) is 7.39. The standard InChI is InChI=1S/C8H6O4.C6H15N.C2H6O2/c9-7(10)5-3-1-2-4-6(5)8(11)12;1-4-7(5-2)6-3;3-1-2-4/h1-4H,(H,9,10)(H,11,12);4-6H2,1-3H3;3-4H,1-2H2. The van der Waals surface area contributed by atoms with Crippen LogP contribution in [-0.4, -0.2) is 70.1 Å². The van der Waals surface area contributed by atoms with E-state index >= 15 is 0 Å². The molecule has 0 atom stereocenters. The molecule has 0 amide bonds. The first-order chi connectivity index (χ1) is 10.9. The maximum atomic E-state index is 10.5. The lowest BCUT2D eigenvalue weighted by Gasteiger charge is -2.13. The molecule has 0 aromatic heterocycles. The molecule has 132 valence electrons. The lowest BCUT2D eigenvalue weighted by atomic mass is 10.1. The van der Waals surface area contributed by atoms with Gasteiger partial charge in [-0.05, 0) is 31.8 Å². The number of rotatable bonds is 6. The lowest BCUT2D eigenvalue weighted by molar-refractivity contribution is 0.0651. The zero-order chi connectivity index (χ0) is 18.3. The minimum Gasteiger partial charge on any atom is -0.478 e. The molecule has 0 unspecified atom stereocenters. The van der Waals surface area contributed by atoms with Crippen molar-refractivity contribution in [3.05, 3.63) is 35.4 Å². The average molecular weight is 329 g/mol. The Morgan fingerprint density at radius 3 is 1.26 bits per heavy atom. The highest BCUT2D eigenvalue weighted by atomic mass is 16.4. The van der Waals surface area contributed by atoms with Gasteiger partial charge in [0.15, 0.2) is 0 Å². The fourth-order valence-corrected chi connectivity index (χ4v) is 1.53. The van der Waals surface area contributed by atoms with E-state index in [9.17, 15) is 9.59 Å². The molecule has 0 saturated heterocycles. The topological polar surface area (TPSA) is 118 Å². The van der Waals surface area contributed by atoms with Crippen molar-refractivity contribution < 1.29 is 30.0 Å². The van der Waals surface area contributed by atoms with Crippen LogP contribution in [0, 0.1) is 0 Å². The quantitative estimate of drug-likeness (QED) is 0.623. The van der Waals surface area contributed by atoms with Crippen LogP contribution in [0.3, 0.4) is 0 Å². The van der Waals surface area contributed by atoms with Gasteiger partial charge < -0.3 is 25.3 Å². The Balaban J connectivity index is 0. The molecule has 1 rings (SSSR count). The van der Waals surface area contributed by atoms with Crippen molar-refractivity contribution in [2.75, 3.05) is 32.8 Å². The Kier molecular flexibility index (Phi) is 15.2. The number of aliphatic hydroxyl groups is 2. The highest BCUT2D eigenvalue weighted by molar-refractivity contribution is 6.01. The van der Waals surface area contributed by atoms with E-state index in [1.165, 1.54) is 43.9 Å². The molecule has 0 saturated carbocycles. The van der Waals surface area contributed by atoms with Crippen LogP contribution >= 0.6 is 0 Å². The average Bonchev–Trinajstić information content (AvgIpc) is 2.57. The minimum atomic E-state index is -1.23. The molecule has 0 aliphatic heterocycles. The summed E-state index contributed by atoms with van der Waals surface area (Å²) in [4.78, 5) is 23.3. The Morgan fingerprint density at radius 2 is 1.13 bits per heavy atom. The first-order valence-corrected chi connectivity index (χ1v) is 7.39. The Morgan fingerprint density at radius 1 is 0.826 bits per heavy atom. The van der Waals surface area contributed by atoms with Crippen molar-refractivity contribution in [1.82, 2.24) is 4.90 Å². The monoisotopic (exact) mass is 329 g/mol. The highest BCUT2D eigenvalue weighted by Gasteiger charge is 2.13. The fourth-order valence-electron chi connectivity index (χ4n) is 1.53. The zero-order valence-electron chi connectivity index (χ0n) is 13.9. The lowest BCUT2D eigenvalue weighted by Crippen LogP contribution is -2.21. The summed E-state index contributed by atoms with van der Waals surface area (Å²) in [6.45, 7) is 9.88. The van der Waals surface area contributed by atoms with Crippen molar-refractivity contribution >= 4 is 11.9 Å². The molecule has 0 heterocycles. The van der Waals surface area contributed by atoms with Crippen LogP contribution in [0.15, 0.2) is 24.3 Å². The number of carbonyl (C=O) groups is 2. The van der Waals surface area contributed by atoms with E-state index in [4.69, 9.17) is 20.4 Å². The van der Waals surface area contributed by atoms with Gasteiger partial charge in [0.05, 0.1) is 24.3 Å². The number of hydrogen-bond acceptors (Lipinski definition) is 5. The van der Waals surface area contributed by atoms with E-state index in [0.29, 0.717) is 0 Å². The van der Waals surface area contributed by atoms with Gasteiger partial charge in [-0.15, -0.1) is 0 Å². The molecule has 7 nitrogen and oxygen atoms in total. The van der Waals surface area contributed by atoms with Gasteiger partial charge in [-0.1, -0.05) is 32.9 Å². The minimum absolute atomic E-state index is 0.125. The van der Waals surface area contributed by atoms with Crippen LogP contribution in [0.25, 0.3) is 0 Å². The summed E-state index contributed by atoms with van der Waals surface area (Å²) in [6, 6.07) is 5.48. The zero-order valence-corrected chi connectivity index (χ0v) is 13.9. The maximum Gasteiger partial charge on any atom is 0.336 e. The number of carboxylic acids is 2. The van der Waals surface area contributed by atoms with E-state index in [1.807, 2.05) is 0 Å². The number of aromatic carboxylic acids is 2. The maximum absolute atomic E-state index is 10.5. The second-order valence-electron chi connectivity index (χ2n) is 4.22. The molecule has 0 fully saturated rings. The van der Waals surface area contributed by atoms with Gasteiger partial charge in [0, 0.05) is 0 Å². The van der Waals surface area contributed by atoms with Crippen molar-refractivity contribution in [2.45, 2.75) is 20.8 Å². The SMILES string of the molecule is CCN(CC)CC.O=C(O)c1ccccc1C(=O)O.OCCO. The summed E-state index contributed by atoms with van der Waals surface area (Å²) in [6.07, 6.45) is 0. The Bertz CT molecular complexity index is 405. The van der Waals surface area contributed by atoms with E-state index in [-0.39, 0.29) is 24.3 Å². The third-order valence-corrected chi connectivity index (χ3v) is 2.83. The summed E-state index contributed by atoms with van der Waals surface area (Å²) in [5, 5.41) is 32.4. The molecule has 0 spiro atoms. The molecule has 0 bridgehead atoms. The predicted octanol–water partition coefficient (Wildman–Crippen LogP) is 1.40. The largest absolute Gasteiger partial charge is 0.478 e. The van der Waals surface area contributed by atoms with Crippen LogP contribution in [-0.2, 0) is 0 Å². The van der Waals surface area contributed by atoms with Gasteiger partial charge in [-0.2, -0.15) is 0 Å². The van der Waals surface area contributed by atoms with Crippen LogP contribution < -0.4 is 0 Å². The van der Waals surface area contributed by atoms with Crippen molar-refractivity contribution in [3.63, 3.8) is 0 Å². The number of carboxylic acid groups (broad SMARTS) is 2. The normalized spacial score (nSPS) is 9.30. The van der Waals surface area contributed by atoms with Gasteiger partial charge in [-0.3, -0.25) is 0 Å². The number of nitrogens with zero attached hydrogens (tertiary/aromatic N) is 1. The molecule has 0 radical (unpaired) electrons.